The van der Waals surface area contributed by atoms with E-state index in [1.807, 2.05) is 0 Å². The van der Waals surface area contributed by atoms with E-state index in [9.17, 15) is 4.79 Å². The molecule has 0 aliphatic carbocycles. The molecule has 0 bridgehead atoms. The van der Waals surface area contributed by atoms with Gasteiger partial charge in [0.1, 0.15) is 0 Å². The van der Waals surface area contributed by atoms with Crippen LogP contribution in [0.2, 0.25) is 0 Å². The van der Waals surface area contributed by atoms with Crippen LogP contribution in [0.15, 0.2) is 12.2 Å². The van der Waals surface area contributed by atoms with E-state index in [0.717, 1.165) is 12.8 Å². The number of carbonyl (C=O) groups is 1. The molecule has 0 fully saturated rings. The summed E-state index contributed by atoms with van der Waals surface area (Å²) in [6.45, 7) is 2.29. The van der Waals surface area contributed by atoms with Crippen LogP contribution in [0, 0.1) is 0 Å². The Morgan fingerprint density at radius 2 is 0.935 bits per heavy atom. The second kappa shape index (κ2) is 25.4. The molecule has 0 aromatic carbocycles. The van der Waals surface area contributed by atoms with E-state index < -0.39 is 0 Å². The SMILES string of the molecule is CCCCCCCCCCCCCCCCC=CCCCCCCCC(=O)ON(C)C. The molecule has 0 aliphatic heterocycles. The minimum absolute atomic E-state index is 0.114. The summed E-state index contributed by atoms with van der Waals surface area (Å²) in [6.07, 6.45) is 33.7. The number of nitrogens with zero attached hydrogens (tertiary/aromatic N) is 1. The van der Waals surface area contributed by atoms with Crippen LogP contribution in [0.4, 0.5) is 0 Å². The monoisotopic (exact) mass is 437 g/mol. The molecule has 0 amide bonds. The van der Waals surface area contributed by atoms with Gasteiger partial charge in [0.15, 0.2) is 0 Å². The van der Waals surface area contributed by atoms with E-state index in [0.29, 0.717) is 6.42 Å². The number of hydroxylamine groups is 2. The summed E-state index contributed by atoms with van der Waals surface area (Å²) in [5.41, 5.74) is 0. The van der Waals surface area contributed by atoms with Crippen LogP contribution >= 0.6 is 0 Å². The van der Waals surface area contributed by atoms with Crippen molar-refractivity contribution < 1.29 is 9.63 Å². The van der Waals surface area contributed by atoms with Crippen LogP contribution < -0.4 is 0 Å². The third-order valence-corrected chi connectivity index (χ3v) is 5.93. The van der Waals surface area contributed by atoms with Gasteiger partial charge >= 0.3 is 5.97 Å². The van der Waals surface area contributed by atoms with E-state index in [2.05, 4.69) is 19.1 Å². The van der Waals surface area contributed by atoms with Crippen LogP contribution in [-0.4, -0.2) is 25.1 Å². The lowest BCUT2D eigenvalue weighted by atomic mass is 10.0. The maximum atomic E-state index is 11.4. The fraction of sp³-hybridized carbons (Fsp3) is 0.893. The van der Waals surface area contributed by atoms with Crippen molar-refractivity contribution in [3.63, 3.8) is 0 Å². The van der Waals surface area contributed by atoms with Crippen molar-refractivity contribution in [2.75, 3.05) is 14.1 Å². The molecule has 0 aromatic rings. The Bertz CT molecular complexity index is 392. The normalized spacial score (nSPS) is 11.6. The van der Waals surface area contributed by atoms with E-state index in [1.54, 1.807) is 14.1 Å². The second-order valence-electron chi connectivity index (χ2n) is 9.44. The first-order valence-corrected chi connectivity index (χ1v) is 13.7. The predicted molar refractivity (Wildman–Crippen MR) is 136 cm³/mol. The van der Waals surface area contributed by atoms with E-state index in [4.69, 9.17) is 4.84 Å². The van der Waals surface area contributed by atoms with Crippen LogP contribution in [0.3, 0.4) is 0 Å². The fourth-order valence-corrected chi connectivity index (χ4v) is 4.00. The van der Waals surface area contributed by atoms with Gasteiger partial charge in [0.05, 0.1) is 0 Å². The van der Waals surface area contributed by atoms with Crippen molar-refractivity contribution in [2.45, 2.75) is 148 Å². The van der Waals surface area contributed by atoms with Gasteiger partial charge in [0.2, 0.25) is 0 Å². The third kappa shape index (κ3) is 27.1. The lowest BCUT2D eigenvalue weighted by molar-refractivity contribution is -0.178. The van der Waals surface area contributed by atoms with E-state index >= 15 is 0 Å². The Morgan fingerprint density at radius 3 is 1.32 bits per heavy atom. The number of allylic oxidation sites excluding steroid dienone is 2. The van der Waals surface area contributed by atoms with Crippen LogP contribution in [0.1, 0.15) is 148 Å². The van der Waals surface area contributed by atoms with Crippen molar-refractivity contribution >= 4 is 5.97 Å². The summed E-state index contributed by atoms with van der Waals surface area (Å²) >= 11 is 0. The van der Waals surface area contributed by atoms with Gasteiger partial charge in [0, 0.05) is 20.5 Å². The zero-order valence-electron chi connectivity index (χ0n) is 21.5. The Kier molecular flexibility index (Phi) is 24.7. The number of hydrogen-bond donors (Lipinski definition) is 0. The highest BCUT2D eigenvalue weighted by Crippen LogP contribution is 2.14. The molecule has 0 aliphatic rings. The highest BCUT2D eigenvalue weighted by atomic mass is 16.7. The van der Waals surface area contributed by atoms with Crippen molar-refractivity contribution in [1.29, 1.82) is 0 Å². The van der Waals surface area contributed by atoms with Gasteiger partial charge in [-0.3, -0.25) is 4.79 Å². The molecule has 0 atom stereocenters. The molecule has 0 saturated heterocycles. The fourth-order valence-electron chi connectivity index (χ4n) is 4.00. The Morgan fingerprint density at radius 1 is 0.581 bits per heavy atom. The number of carbonyl (C=O) groups excluding carboxylic acids is 1. The van der Waals surface area contributed by atoms with Crippen molar-refractivity contribution in [3.05, 3.63) is 12.2 Å². The topological polar surface area (TPSA) is 29.5 Å². The van der Waals surface area contributed by atoms with E-state index in [1.165, 1.54) is 127 Å². The van der Waals surface area contributed by atoms with Crippen LogP contribution in [-0.2, 0) is 9.63 Å². The molecule has 0 saturated carbocycles. The Hall–Kier alpha value is -0.830. The van der Waals surface area contributed by atoms with Crippen molar-refractivity contribution in [3.8, 4) is 0 Å². The second-order valence-corrected chi connectivity index (χ2v) is 9.44. The largest absolute Gasteiger partial charge is 0.369 e. The molecule has 3 nitrogen and oxygen atoms in total. The highest BCUT2D eigenvalue weighted by Gasteiger charge is 2.03. The molecule has 31 heavy (non-hydrogen) atoms. The predicted octanol–water partition coefficient (Wildman–Crippen LogP) is 9.16. The molecule has 0 radical (unpaired) electrons. The van der Waals surface area contributed by atoms with Crippen molar-refractivity contribution in [2.24, 2.45) is 0 Å². The first kappa shape index (κ1) is 30.2. The molecule has 0 unspecified atom stereocenters. The zero-order valence-corrected chi connectivity index (χ0v) is 21.5. The first-order chi connectivity index (χ1) is 15.2. The molecule has 0 spiro atoms. The number of unbranched alkanes of at least 4 members (excludes halogenated alkanes) is 19. The standard InChI is InChI=1S/C28H55NO2/c1-4-5-6-7-8-9-10-11-12-13-14-15-16-17-18-19-20-21-22-23-24-25-26-27-28(30)31-29(2)3/h19-20H,4-18,21-27H2,1-3H3. The Labute approximate surface area is 195 Å². The lowest BCUT2D eigenvalue weighted by Gasteiger charge is -2.09. The third-order valence-electron chi connectivity index (χ3n) is 5.93. The Balaban J connectivity index is 3.14. The summed E-state index contributed by atoms with van der Waals surface area (Å²) in [5, 5.41) is 1.47. The molecular weight excluding hydrogens is 382 g/mol. The van der Waals surface area contributed by atoms with Crippen LogP contribution in [0.25, 0.3) is 0 Å². The van der Waals surface area contributed by atoms with Gasteiger partial charge < -0.3 is 4.84 Å². The molecule has 0 aromatic heterocycles. The van der Waals surface area contributed by atoms with Gasteiger partial charge in [-0.25, -0.2) is 0 Å². The molecule has 0 rings (SSSR count). The number of rotatable bonds is 24. The minimum atomic E-state index is -0.114. The van der Waals surface area contributed by atoms with Gasteiger partial charge in [-0.15, -0.1) is 5.06 Å². The van der Waals surface area contributed by atoms with Gasteiger partial charge in [-0.1, -0.05) is 122 Å². The maximum Gasteiger partial charge on any atom is 0.325 e. The van der Waals surface area contributed by atoms with E-state index in [-0.39, 0.29) is 5.97 Å². The first-order valence-electron chi connectivity index (χ1n) is 13.7. The molecule has 3 heteroatoms. The highest BCUT2D eigenvalue weighted by molar-refractivity contribution is 5.68. The zero-order chi connectivity index (χ0) is 22.8. The summed E-state index contributed by atoms with van der Waals surface area (Å²) in [5.74, 6) is -0.114. The smallest absolute Gasteiger partial charge is 0.325 e. The quantitative estimate of drug-likeness (QED) is 0.0856. The summed E-state index contributed by atoms with van der Waals surface area (Å²) in [4.78, 5) is 16.4. The lowest BCUT2D eigenvalue weighted by Crippen LogP contribution is -2.18. The average molecular weight is 438 g/mol. The van der Waals surface area contributed by atoms with Crippen molar-refractivity contribution in [1.82, 2.24) is 5.06 Å². The molecule has 184 valence electrons. The minimum Gasteiger partial charge on any atom is -0.369 e. The maximum absolute atomic E-state index is 11.4. The summed E-state index contributed by atoms with van der Waals surface area (Å²) < 4.78 is 0. The van der Waals surface area contributed by atoms with Gasteiger partial charge in [-0.2, -0.15) is 0 Å². The summed E-state index contributed by atoms with van der Waals surface area (Å²) in [6, 6.07) is 0. The molecule has 0 heterocycles. The molecular formula is C28H55NO2. The van der Waals surface area contributed by atoms with Crippen LogP contribution in [0.5, 0.6) is 0 Å². The summed E-state index contributed by atoms with van der Waals surface area (Å²) in [7, 11) is 3.48. The number of hydrogen-bond acceptors (Lipinski definition) is 3. The van der Waals surface area contributed by atoms with Gasteiger partial charge in [-0.05, 0) is 32.1 Å². The average Bonchev–Trinajstić information content (AvgIpc) is 2.73. The molecule has 0 N–H and O–H groups in total. The van der Waals surface area contributed by atoms with Gasteiger partial charge in [0.25, 0.3) is 0 Å².